The molecule has 0 radical (unpaired) electrons. The number of morpholine rings is 1. The summed E-state index contributed by atoms with van der Waals surface area (Å²) in [4.78, 5) is 8.80. The number of aromatic nitrogens is 3. The number of rotatable bonds is 4. The second kappa shape index (κ2) is 6.49. The normalized spacial score (nSPS) is 15.0. The molecule has 6 heteroatoms. The van der Waals surface area contributed by atoms with Crippen LogP contribution in [0.2, 0.25) is 0 Å². The van der Waals surface area contributed by atoms with Crippen molar-refractivity contribution in [3.63, 3.8) is 0 Å². The van der Waals surface area contributed by atoms with Crippen LogP contribution in [-0.2, 0) is 11.3 Å². The fourth-order valence-corrected chi connectivity index (χ4v) is 2.32. The summed E-state index contributed by atoms with van der Waals surface area (Å²) in [6, 6.07) is 10.3. The molecule has 0 spiro atoms. The number of nitrogens with zero attached hydrogens (tertiary/aromatic N) is 5. The van der Waals surface area contributed by atoms with E-state index in [0.29, 0.717) is 5.95 Å². The Balaban J connectivity index is 1.72. The highest BCUT2D eigenvalue weighted by Crippen LogP contribution is 2.15. The van der Waals surface area contributed by atoms with Gasteiger partial charge in [0.15, 0.2) is 5.82 Å². The predicted molar refractivity (Wildman–Crippen MR) is 81.4 cm³/mol. The van der Waals surface area contributed by atoms with Crippen LogP contribution in [0.5, 0.6) is 0 Å². The van der Waals surface area contributed by atoms with Crippen LogP contribution in [0.3, 0.4) is 0 Å². The van der Waals surface area contributed by atoms with Crippen molar-refractivity contribution in [2.45, 2.75) is 6.54 Å². The first kappa shape index (κ1) is 13.8. The minimum Gasteiger partial charge on any atom is -0.378 e. The van der Waals surface area contributed by atoms with Gasteiger partial charge in [0.05, 0.1) is 19.4 Å². The van der Waals surface area contributed by atoms with Gasteiger partial charge in [0.1, 0.15) is 0 Å². The molecular weight excluding hydrogens is 266 g/mol. The molecule has 2 aromatic rings. The molecule has 6 nitrogen and oxygen atoms in total. The number of benzene rings is 1. The molecule has 0 atom stereocenters. The first-order valence-corrected chi connectivity index (χ1v) is 7.10. The second-order valence-electron chi connectivity index (χ2n) is 5.06. The minimum absolute atomic E-state index is 0.642. The summed E-state index contributed by atoms with van der Waals surface area (Å²) in [7, 11) is 1.98. The zero-order chi connectivity index (χ0) is 14.5. The lowest BCUT2D eigenvalue weighted by atomic mass is 10.2. The van der Waals surface area contributed by atoms with Crippen molar-refractivity contribution in [2.24, 2.45) is 0 Å². The van der Waals surface area contributed by atoms with E-state index in [9.17, 15) is 0 Å². The van der Waals surface area contributed by atoms with E-state index in [1.54, 1.807) is 6.20 Å². The molecule has 1 aliphatic rings. The number of ether oxygens (including phenoxy) is 1. The average Bonchev–Trinajstić information content (AvgIpc) is 2.57. The largest absolute Gasteiger partial charge is 0.378 e. The first-order chi connectivity index (χ1) is 10.3. The van der Waals surface area contributed by atoms with Crippen LogP contribution in [0.4, 0.5) is 11.8 Å². The van der Waals surface area contributed by atoms with Crippen molar-refractivity contribution < 1.29 is 4.74 Å². The molecule has 1 saturated heterocycles. The van der Waals surface area contributed by atoms with E-state index in [1.807, 2.05) is 30.1 Å². The second-order valence-corrected chi connectivity index (χ2v) is 5.06. The summed E-state index contributed by atoms with van der Waals surface area (Å²) in [6.07, 6.45) is 1.71. The van der Waals surface area contributed by atoms with Gasteiger partial charge in [-0.15, -0.1) is 5.10 Å². The molecule has 0 saturated carbocycles. The Kier molecular flexibility index (Phi) is 4.25. The zero-order valence-electron chi connectivity index (χ0n) is 12.1. The third kappa shape index (κ3) is 3.46. The van der Waals surface area contributed by atoms with Crippen molar-refractivity contribution in [3.05, 3.63) is 42.1 Å². The van der Waals surface area contributed by atoms with E-state index in [-0.39, 0.29) is 0 Å². The summed E-state index contributed by atoms with van der Waals surface area (Å²) < 4.78 is 5.36. The topological polar surface area (TPSA) is 54.4 Å². The maximum atomic E-state index is 5.36. The molecule has 2 heterocycles. The fourth-order valence-electron chi connectivity index (χ4n) is 2.32. The molecule has 0 amide bonds. The molecule has 0 unspecified atom stereocenters. The van der Waals surface area contributed by atoms with Crippen molar-refractivity contribution in [1.82, 2.24) is 15.2 Å². The lowest BCUT2D eigenvalue weighted by molar-refractivity contribution is 0.122. The lowest BCUT2D eigenvalue weighted by Crippen LogP contribution is -2.37. The highest BCUT2D eigenvalue weighted by atomic mass is 16.5. The van der Waals surface area contributed by atoms with Crippen molar-refractivity contribution in [1.29, 1.82) is 0 Å². The highest BCUT2D eigenvalue weighted by Gasteiger charge is 2.15. The minimum atomic E-state index is 0.642. The summed E-state index contributed by atoms with van der Waals surface area (Å²) in [5.74, 6) is 1.51. The van der Waals surface area contributed by atoms with Crippen LogP contribution in [0.15, 0.2) is 36.5 Å². The van der Waals surface area contributed by atoms with E-state index in [4.69, 9.17) is 4.74 Å². The Bertz CT molecular complexity index is 571. The number of anilines is 2. The Morgan fingerprint density at radius 3 is 2.71 bits per heavy atom. The van der Waals surface area contributed by atoms with Gasteiger partial charge in [-0.25, -0.2) is 0 Å². The van der Waals surface area contributed by atoms with Crippen LogP contribution in [0.1, 0.15) is 5.56 Å². The highest BCUT2D eigenvalue weighted by molar-refractivity contribution is 5.41. The predicted octanol–water partition coefficient (Wildman–Crippen LogP) is 1.34. The molecule has 110 valence electrons. The molecule has 3 rings (SSSR count). The van der Waals surface area contributed by atoms with Gasteiger partial charge in [0.2, 0.25) is 5.95 Å². The van der Waals surface area contributed by atoms with Crippen LogP contribution in [-0.4, -0.2) is 48.5 Å². The zero-order valence-corrected chi connectivity index (χ0v) is 12.1. The van der Waals surface area contributed by atoms with Gasteiger partial charge in [-0.3, -0.25) is 0 Å². The van der Waals surface area contributed by atoms with Gasteiger partial charge >= 0.3 is 0 Å². The molecule has 1 aliphatic heterocycles. The Labute approximate surface area is 124 Å². The molecule has 0 N–H and O–H groups in total. The Hall–Kier alpha value is -2.21. The average molecular weight is 285 g/mol. The summed E-state index contributed by atoms with van der Waals surface area (Å²) in [6.45, 7) is 3.93. The van der Waals surface area contributed by atoms with E-state index >= 15 is 0 Å². The number of hydrogen-bond donors (Lipinski definition) is 0. The van der Waals surface area contributed by atoms with Crippen LogP contribution in [0, 0.1) is 0 Å². The maximum Gasteiger partial charge on any atom is 0.247 e. The fraction of sp³-hybridized carbons (Fsp3) is 0.400. The van der Waals surface area contributed by atoms with E-state index in [2.05, 4.69) is 32.2 Å². The quantitative estimate of drug-likeness (QED) is 0.845. The van der Waals surface area contributed by atoms with Gasteiger partial charge in [0, 0.05) is 26.7 Å². The van der Waals surface area contributed by atoms with Gasteiger partial charge in [-0.2, -0.15) is 10.1 Å². The van der Waals surface area contributed by atoms with Gasteiger partial charge in [-0.05, 0) is 5.56 Å². The molecule has 0 bridgehead atoms. The summed E-state index contributed by atoms with van der Waals surface area (Å²) in [5, 5.41) is 8.22. The Morgan fingerprint density at radius 2 is 1.95 bits per heavy atom. The first-order valence-electron chi connectivity index (χ1n) is 7.10. The standard InChI is InChI=1S/C15H19N5O/c1-19(12-13-5-3-2-4-6-13)15-17-14(11-16-18-15)20-7-9-21-10-8-20/h2-6,11H,7-10,12H2,1H3. The van der Waals surface area contributed by atoms with Crippen molar-refractivity contribution in [3.8, 4) is 0 Å². The third-order valence-corrected chi connectivity index (χ3v) is 3.47. The van der Waals surface area contributed by atoms with Crippen LogP contribution < -0.4 is 9.80 Å². The molecule has 0 aliphatic carbocycles. The van der Waals surface area contributed by atoms with Crippen molar-refractivity contribution in [2.75, 3.05) is 43.2 Å². The lowest BCUT2D eigenvalue weighted by Gasteiger charge is -2.28. The van der Waals surface area contributed by atoms with E-state index < -0.39 is 0 Å². The van der Waals surface area contributed by atoms with Crippen molar-refractivity contribution >= 4 is 11.8 Å². The van der Waals surface area contributed by atoms with Gasteiger partial charge in [-0.1, -0.05) is 30.3 Å². The van der Waals surface area contributed by atoms with Gasteiger partial charge < -0.3 is 14.5 Å². The smallest absolute Gasteiger partial charge is 0.247 e. The van der Waals surface area contributed by atoms with E-state index in [1.165, 1.54) is 5.56 Å². The molecule has 1 aromatic heterocycles. The molecule has 1 fully saturated rings. The number of hydrogen-bond acceptors (Lipinski definition) is 6. The van der Waals surface area contributed by atoms with Crippen LogP contribution in [0.25, 0.3) is 0 Å². The summed E-state index contributed by atoms with van der Waals surface area (Å²) in [5.41, 5.74) is 1.22. The Morgan fingerprint density at radius 1 is 1.19 bits per heavy atom. The maximum absolute atomic E-state index is 5.36. The summed E-state index contributed by atoms with van der Waals surface area (Å²) >= 11 is 0. The molecule has 21 heavy (non-hydrogen) atoms. The van der Waals surface area contributed by atoms with E-state index in [0.717, 1.165) is 38.7 Å². The van der Waals surface area contributed by atoms with Gasteiger partial charge in [0.25, 0.3) is 0 Å². The van der Waals surface area contributed by atoms with Crippen LogP contribution >= 0.6 is 0 Å². The molecule has 1 aromatic carbocycles. The monoisotopic (exact) mass is 285 g/mol. The molecular formula is C15H19N5O. The third-order valence-electron chi connectivity index (χ3n) is 3.47. The SMILES string of the molecule is CN(Cc1ccccc1)c1nncc(N2CCOCC2)n1.